The number of carbonyl (C=O) groups excluding carboxylic acids is 3. The van der Waals surface area contributed by atoms with Crippen LogP contribution in [0.1, 0.15) is 31.1 Å². The van der Waals surface area contributed by atoms with E-state index in [9.17, 15) is 14.4 Å². The Morgan fingerprint density at radius 2 is 1.70 bits per heavy atom. The molecule has 0 saturated carbocycles. The Labute approximate surface area is 128 Å². The minimum absolute atomic E-state index is 0.161. The number of hydroxylamine groups is 2. The molecule has 8 nitrogen and oxygen atoms in total. The lowest BCUT2D eigenvalue weighted by molar-refractivity contribution is -0.0584. The molecule has 0 radical (unpaired) electrons. The summed E-state index contributed by atoms with van der Waals surface area (Å²) in [5.74, 6) is -2.15. The molecule has 3 aromatic rings. The van der Waals surface area contributed by atoms with E-state index < -0.39 is 17.8 Å². The third-order valence-electron chi connectivity index (χ3n) is 3.46. The molecule has 0 saturated heterocycles. The Kier molecular flexibility index (Phi) is 2.70. The van der Waals surface area contributed by atoms with E-state index in [1.807, 2.05) is 0 Å². The van der Waals surface area contributed by atoms with E-state index in [4.69, 9.17) is 4.84 Å². The molecule has 2 aromatic heterocycles. The van der Waals surface area contributed by atoms with Crippen LogP contribution in [0.3, 0.4) is 0 Å². The van der Waals surface area contributed by atoms with Gasteiger partial charge in [0, 0.05) is 6.20 Å². The molecule has 0 atom stereocenters. The van der Waals surface area contributed by atoms with Gasteiger partial charge in [-0.2, -0.15) is 0 Å². The van der Waals surface area contributed by atoms with Gasteiger partial charge in [0.05, 0.1) is 16.7 Å². The van der Waals surface area contributed by atoms with Crippen LogP contribution in [0.25, 0.3) is 5.65 Å². The van der Waals surface area contributed by atoms with E-state index in [0.717, 1.165) is 0 Å². The minimum Gasteiger partial charge on any atom is -0.324 e. The van der Waals surface area contributed by atoms with Gasteiger partial charge < -0.3 is 4.84 Å². The standard InChI is InChI=1S/C15H8N4O4/c20-13-10-3-1-2-4-11(10)14(21)19(13)23-15(22)9-5-6-12-17-16-8-18(12)7-9/h1-8H. The van der Waals surface area contributed by atoms with Crippen molar-refractivity contribution in [1.29, 1.82) is 0 Å². The van der Waals surface area contributed by atoms with E-state index in [1.165, 1.54) is 35.1 Å². The highest BCUT2D eigenvalue weighted by atomic mass is 16.7. The average molecular weight is 308 g/mol. The second kappa shape index (κ2) is 4.73. The number of benzene rings is 1. The largest absolute Gasteiger partial charge is 0.365 e. The zero-order chi connectivity index (χ0) is 16.0. The second-order valence-corrected chi connectivity index (χ2v) is 4.84. The highest BCUT2D eigenvalue weighted by molar-refractivity contribution is 6.21. The van der Waals surface area contributed by atoms with Crippen molar-refractivity contribution in [1.82, 2.24) is 19.7 Å². The molecule has 1 aliphatic heterocycles. The Morgan fingerprint density at radius 3 is 2.39 bits per heavy atom. The first-order chi connectivity index (χ1) is 11.1. The SMILES string of the molecule is O=C(ON1C(=O)c2ccccc2C1=O)c1ccc2nncn2c1. The predicted molar refractivity (Wildman–Crippen MR) is 75.3 cm³/mol. The zero-order valence-electron chi connectivity index (χ0n) is 11.5. The van der Waals surface area contributed by atoms with E-state index in [-0.39, 0.29) is 16.7 Å². The van der Waals surface area contributed by atoms with Gasteiger partial charge in [-0.15, -0.1) is 10.2 Å². The fourth-order valence-corrected chi connectivity index (χ4v) is 2.33. The average Bonchev–Trinajstić information content (AvgIpc) is 3.13. The molecule has 0 aliphatic carbocycles. The molecular weight excluding hydrogens is 300 g/mol. The summed E-state index contributed by atoms with van der Waals surface area (Å²) in [4.78, 5) is 41.5. The highest BCUT2D eigenvalue weighted by Gasteiger charge is 2.38. The molecule has 2 amide bonds. The first kappa shape index (κ1) is 13.1. The molecule has 0 spiro atoms. The van der Waals surface area contributed by atoms with Gasteiger partial charge in [0.25, 0.3) is 11.8 Å². The summed E-state index contributed by atoms with van der Waals surface area (Å²) < 4.78 is 1.53. The first-order valence-electron chi connectivity index (χ1n) is 6.64. The molecule has 0 bridgehead atoms. The third kappa shape index (κ3) is 1.96. The van der Waals surface area contributed by atoms with Crippen molar-refractivity contribution in [3.8, 4) is 0 Å². The Balaban J connectivity index is 1.62. The van der Waals surface area contributed by atoms with E-state index in [0.29, 0.717) is 10.7 Å². The molecule has 3 heterocycles. The highest BCUT2D eigenvalue weighted by Crippen LogP contribution is 2.23. The fraction of sp³-hybridized carbons (Fsp3) is 0. The molecule has 0 fully saturated rings. The van der Waals surface area contributed by atoms with Crippen LogP contribution in [0, 0.1) is 0 Å². The Bertz CT molecular complexity index is 943. The number of carbonyl (C=O) groups is 3. The van der Waals surface area contributed by atoms with Crippen molar-refractivity contribution in [2.45, 2.75) is 0 Å². The molecule has 0 N–H and O–H groups in total. The van der Waals surface area contributed by atoms with Gasteiger partial charge in [0.2, 0.25) is 0 Å². The lowest BCUT2D eigenvalue weighted by atomic mass is 10.1. The normalized spacial score (nSPS) is 13.5. The number of amides is 2. The van der Waals surface area contributed by atoms with Crippen LogP contribution >= 0.6 is 0 Å². The lowest BCUT2D eigenvalue weighted by Crippen LogP contribution is -2.32. The molecule has 23 heavy (non-hydrogen) atoms. The van der Waals surface area contributed by atoms with Gasteiger partial charge >= 0.3 is 5.97 Å². The summed E-state index contributed by atoms with van der Waals surface area (Å²) in [6, 6.07) is 9.33. The van der Waals surface area contributed by atoms with Crippen LogP contribution in [0.5, 0.6) is 0 Å². The summed E-state index contributed by atoms with van der Waals surface area (Å²) >= 11 is 0. The molecule has 112 valence electrons. The van der Waals surface area contributed by atoms with Crippen LogP contribution in [0.4, 0.5) is 0 Å². The van der Waals surface area contributed by atoms with Gasteiger partial charge in [0.15, 0.2) is 5.65 Å². The van der Waals surface area contributed by atoms with Gasteiger partial charge in [-0.1, -0.05) is 17.2 Å². The number of hydrogen-bond donors (Lipinski definition) is 0. The van der Waals surface area contributed by atoms with Crippen molar-refractivity contribution >= 4 is 23.4 Å². The number of hydrogen-bond acceptors (Lipinski definition) is 6. The molecule has 1 aromatic carbocycles. The van der Waals surface area contributed by atoms with Crippen LogP contribution in [0.2, 0.25) is 0 Å². The van der Waals surface area contributed by atoms with Gasteiger partial charge in [0.1, 0.15) is 6.33 Å². The maximum atomic E-state index is 12.2. The van der Waals surface area contributed by atoms with Crippen LogP contribution < -0.4 is 0 Å². The molecule has 4 rings (SSSR count). The van der Waals surface area contributed by atoms with Crippen molar-refractivity contribution < 1.29 is 19.2 Å². The summed E-state index contributed by atoms with van der Waals surface area (Å²) in [6.45, 7) is 0. The van der Waals surface area contributed by atoms with E-state index >= 15 is 0 Å². The maximum absolute atomic E-state index is 12.2. The van der Waals surface area contributed by atoms with E-state index in [2.05, 4.69) is 10.2 Å². The Morgan fingerprint density at radius 1 is 1.00 bits per heavy atom. The number of nitrogens with zero attached hydrogens (tertiary/aromatic N) is 4. The quantitative estimate of drug-likeness (QED) is 0.658. The van der Waals surface area contributed by atoms with Crippen LogP contribution in [0.15, 0.2) is 48.9 Å². The fourth-order valence-electron chi connectivity index (χ4n) is 2.33. The number of rotatable bonds is 2. The van der Waals surface area contributed by atoms with Crippen LogP contribution in [-0.4, -0.2) is 37.4 Å². The van der Waals surface area contributed by atoms with E-state index in [1.54, 1.807) is 18.2 Å². The van der Waals surface area contributed by atoms with Crippen molar-refractivity contribution in [3.05, 3.63) is 65.6 Å². The topological polar surface area (TPSA) is 93.9 Å². The molecule has 0 unspecified atom stereocenters. The number of fused-ring (bicyclic) bond motifs is 2. The monoisotopic (exact) mass is 308 g/mol. The second-order valence-electron chi connectivity index (χ2n) is 4.84. The minimum atomic E-state index is -0.824. The number of pyridine rings is 1. The number of imide groups is 1. The summed E-state index contributed by atoms with van der Waals surface area (Å²) in [6.07, 6.45) is 2.88. The van der Waals surface area contributed by atoms with Crippen molar-refractivity contribution in [3.63, 3.8) is 0 Å². The van der Waals surface area contributed by atoms with Gasteiger partial charge in [-0.25, -0.2) is 4.79 Å². The van der Waals surface area contributed by atoms with Gasteiger partial charge in [-0.05, 0) is 24.3 Å². The summed E-state index contributed by atoms with van der Waals surface area (Å²) in [5, 5.41) is 7.99. The first-order valence-corrected chi connectivity index (χ1v) is 6.64. The molecule has 1 aliphatic rings. The third-order valence-corrected chi connectivity index (χ3v) is 3.46. The summed E-state index contributed by atoms with van der Waals surface area (Å²) in [5.41, 5.74) is 1.13. The van der Waals surface area contributed by atoms with Crippen molar-refractivity contribution in [2.24, 2.45) is 0 Å². The predicted octanol–water partition coefficient (Wildman–Crippen LogP) is 1.10. The number of aromatic nitrogens is 3. The molecular formula is C15H8N4O4. The maximum Gasteiger partial charge on any atom is 0.365 e. The van der Waals surface area contributed by atoms with Crippen molar-refractivity contribution in [2.75, 3.05) is 0 Å². The lowest BCUT2D eigenvalue weighted by Gasteiger charge is -2.12. The molecule has 8 heteroatoms. The zero-order valence-corrected chi connectivity index (χ0v) is 11.5. The van der Waals surface area contributed by atoms with Crippen LogP contribution in [-0.2, 0) is 4.84 Å². The smallest absolute Gasteiger partial charge is 0.324 e. The summed E-state index contributed by atoms with van der Waals surface area (Å²) in [7, 11) is 0. The van der Waals surface area contributed by atoms with Gasteiger partial charge in [-0.3, -0.25) is 14.0 Å². The Hall–Kier alpha value is -3.55.